The zero-order valence-electron chi connectivity index (χ0n) is 16.1. The van der Waals surface area contributed by atoms with Gasteiger partial charge in [0, 0.05) is 29.2 Å². The Labute approximate surface area is 175 Å². The van der Waals surface area contributed by atoms with E-state index in [0.717, 1.165) is 5.56 Å². The number of carbonyl (C=O) groups excluding carboxylic acids is 1. The first-order chi connectivity index (χ1) is 13.8. The first-order valence-electron chi connectivity index (χ1n) is 9.27. The average Bonchev–Trinajstić information content (AvgIpc) is 3.15. The van der Waals surface area contributed by atoms with E-state index in [1.165, 1.54) is 34.6 Å². The fraction of sp³-hybridized carbons (Fsp3) is 0.300. The molecule has 0 bridgehead atoms. The summed E-state index contributed by atoms with van der Waals surface area (Å²) < 4.78 is 26.7. The Kier molecular flexibility index (Phi) is 6.26. The Morgan fingerprint density at radius 3 is 2.62 bits per heavy atom. The normalized spacial score (nSPS) is 15.0. The second-order valence-electron chi connectivity index (χ2n) is 6.54. The monoisotopic (exact) mass is 435 g/mol. The van der Waals surface area contributed by atoms with Crippen LogP contribution in [0.25, 0.3) is 0 Å². The van der Waals surface area contributed by atoms with E-state index in [1.807, 2.05) is 0 Å². The van der Waals surface area contributed by atoms with E-state index in [4.69, 9.17) is 11.6 Å². The number of phenolic OH excluding ortho intramolecular Hbond substituents is 1. The molecule has 1 amide bonds. The number of phenols is 1. The molecule has 0 saturated heterocycles. The van der Waals surface area contributed by atoms with Crippen LogP contribution in [0.3, 0.4) is 0 Å². The quantitative estimate of drug-likeness (QED) is 0.681. The summed E-state index contributed by atoms with van der Waals surface area (Å²) in [6.45, 7) is 4.20. The molecule has 7 nitrogen and oxygen atoms in total. The lowest BCUT2D eigenvalue weighted by atomic mass is 10.1. The van der Waals surface area contributed by atoms with Gasteiger partial charge in [-0.1, -0.05) is 31.5 Å². The van der Waals surface area contributed by atoms with Gasteiger partial charge >= 0.3 is 0 Å². The highest BCUT2D eigenvalue weighted by Crippen LogP contribution is 2.35. The molecule has 2 aromatic carbocycles. The van der Waals surface area contributed by atoms with Gasteiger partial charge in [0.2, 0.25) is 10.0 Å². The van der Waals surface area contributed by atoms with Gasteiger partial charge in [0.05, 0.1) is 10.6 Å². The number of fused-ring (bicyclic) bond motifs is 1. The van der Waals surface area contributed by atoms with Crippen LogP contribution < -0.4 is 5.43 Å². The van der Waals surface area contributed by atoms with Gasteiger partial charge in [0.15, 0.2) is 0 Å². The van der Waals surface area contributed by atoms with Gasteiger partial charge in [-0.25, -0.2) is 13.8 Å². The van der Waals surface area contributed by atoms with Crippen molar-refractivity contribution in [3.63, 3.8) is 0 Å². The molecule has 9 heteroatoms. The number of rotatable bonds is 6. The van der Waals surface area contributed by atoms with Gasteiger partial charge in [-0.3, -0.25) is 4.79 Å². The summed E-state index contributed by atoms with van der Waals surface area (Å²) in [5, 5.41) is 14.8. The molecule has 0 unspecified atom stereocenters. The summed E-state index contributed by atoms with van der Waals surface area (Å²) in [6.07, 6.45) is 1.15. The molecule has 1 aliphatic carbocycles. The molecule has 2 N–H and O–H groups in total. The lowest BCUT2D eigenvalue weighted by Crippen LogP contribution is -2.30. The summed E-state index contributed by atoms with van der Waals surface area (Å²) in [6, 6.07) is 8.96. The van der Waals surface area contributed by atoms with Crippen molar-refractivity contribution in [2.75, 3.05) is 13.1 Å². The molecule has 29 heavy (non-hydrogen) atoms. The number of halogens is 1. The first-order valence-corrected chi connectivity index (χ1v) is 11.1. The van der Waals surface area contributed by atoms with E-state index >= 15 is 0 Å². The molecule has 1 aliphatic rings. The standard InChI is InChI=1S/C20H22ClN3O4S/c1-3-24(4-2)29(27,28)14-7-5-6-13(12-14)20(26)23-22-17-10-8-15-16(21)9-11-18(25)19(15)17/h5-7,9,11-12,25H,3-4,8,10H2,1-2H3,(H,23,26)/b22-17+. The lowest BCUT2D eigenvalue weighted by Gasteiger charge is -2.18. The predicted octanol–water partition coefficient (Wildman–Crippen LogP) is 3.16. The molecular weight excluding hydrogens is 414 g/mol. The molecule has 0 atom stereocenters. The molecule has 2 aromatic rings. The highest BCUT2D eigenvalue weighted by molar-refractivity contribution is 7.89. The van der Waals surface area contributed by atoms with Gasteiger partial charge in [-0.15, -0.1) is 0 Å². The molecule has 0 aliphatic heterocycles. The number of aromatic hydroxyl groups is 1. The fourth-order valence-electron chi connectivity index (χ4n) is 3.35. The number of nitrogens with one attached hydrogen (secondary N) is 1. The lowest BCUT2D eigenvalue weighted by molar-refractivity contribution is 0.0954. The predicted molar refractivity (Wildman–Crippen MR) is 112 cm³/mol. The Morgan fingerprint density at radius 1 is 1.21 bits per heavy atom. The zero-order chi connectivity index (χ0) is 21.2. The number of hydrogen-bond acceptors (Lipinski definition) is 5. The molecule has 0 saturated carbocycles. The van der Waals surface area contributed by atoms with Crippen molar-refractivity contribution >= 4 is 33.2 Å². The third-order valence-electron chi connectivity index (χ3n) is 4.87. The number of hydrazone groups is 1. The van der Waals surface area contributed by atoms with Crippen molar-refractivity contribution in [1.29, 1.82) is 0 Å². The number of nitrogens with zero attached hydrogens (tertiary/aromatic N) is 2. The van der Waals surface area contributed by atoms with Gasteiger partial charge in [0.25, 0.3) is 5.91 Å². The van der Waals surface area contributed by atoms with E-state index < -0.39 is 15.9 Å². The van der Waals surface area contributed by atoms with Crippen molar-refractivity contribution in [3.05, 3.63) is 58.1 Å². The number of amides is 1. The third-order valence-corrected chi connectivity index (χ3v) is 7.27. The van der Waals surface area contributed by atoms with Crippen LogP contribution in [0.4, 0.5) is 0 Å². The topological polar surface area (TPSA) is 99.1 Å². The molecule has 0 heterocycles. The molecule has 0 fully saturated rings. The highest BCUT2D eigenvalue weighted by atomic mass is 35.5. The second-order valence-corrected chi connectivity index (χ2v) is 8.88. The summed E-state index contributed by atoms with van der Waals surface area (Å²) in [4.78, 5) is 12.6. The minimum absolute atomic E-state index is 0.0529. The third kappa shape index (κ3) is 4.14. The van der Waals surface area contributed by atoms with Crippen LogP contribution in [-0.2, 0) is 16.4 Å². The Balaban J connectivity index is 1.84. The van der Waals surface area contributed by atoms with Crippen LogP contribution in [-0.4, -0.2) is 42.5 Å². The maximum atomic E-state index is 12.7. The fourth-order valence-corrected chi connectivity index (χ4v) is 5.11. The molecule has 3 rings (SSSR count). The number of carbonyl (C=O) groups is 1. The second kappa shape index (κ2) is 8.52. The van der Waals surface area contributed by atoms with E-state index in [2.05, 4.69) is 10.5 Å². The van der Waals surface area contributed by atoms with Crippen molar-refractivity contribution in [3.8, 4) is 5.75 Å². The molecule has 154 valence electrons. The van der Waals surface area contributed by atoms with Crippen molar-refractivity contribution in [2.24, 2.45) is 5.10 Å². The number of hydrogen-bond donors (Lipinski definition) is 2. The van der Waals surface area contributed by atoms with Crippen LogP contribution >= 0.6 is 11.6 Å². The minimum Gasteiger partial charge on any atom is -0.507 e. The molecule has 0 radical (unpaired) electrons. The van der Waals surface area contributed by atoms with Crippen LogP contribution in [0.1, 0.15) is 41.8 Å². The summed E-state index contributed by atoms with van der Waals surface area (Å²) >= 11 is 6.16. The van der Waals surface area contributed by atoms with Gasteiger partial charge in [0.1, 0.15) is 5.75 Å². The average molecular weight is 436 g/mol. The SMILES string of the molecule is CCN(CC)S(=O)(=O)c1cccc(C(=O)N/N=C2\CCc3c(Cl)ccc(O)c32)c1. The molecule has 0 aromatic heterocycles. The Morgan fingerprint density at radius 2 is 1.93 bits per heavy atom. The Hall–Kier alpha value is -2.42. The summed E-state index contributed by atoms with van der Waals surface area (Å²) in [5.41, 5.74) is 4.49. The van der Waals surface area contributed by atoms with Crippen LogP contribution in [0.15, 0.2) is 46.4 Å². The molecule has 0 spiro atoms. The van der Waals surface area contributed by atoms with Crippen molar-refractivity contribution in [2.45, 2.75) is 31.6 Å². The zero-order valence-corrected chi connectivity index (χ0v) is 17.7. The van der Waals surface area contributed by atoms with Gasteiger partial charge in [-0.05, 0) is 48.7 Å². The maximum Gasteiger partial charge on any atom is 0.271 e. The largest absolute Gasteiger partial charge is 0.507 e. The van der Waals surface area contributed by atoms with E-state index in [0.29, 0.717) is 42.2 Å². The van der Waals surface area contributed by atoms with E-state index in [9.17, 15) is 18.3 Å². The van der Waals surface area contributed by atoms with Gasteiger partial charge in [-0.2, -0.15) is 9.41 Å². The van der Waals surface area contributed by atoms with Crippen LogP contribution in [0.2, 0.25) is 5.02 Å². The highest BCUT2D eigenvalue weighted by Gasteiger charge is 2.25. The van der Waals surface area contributed by atoms with Gasteiger partial charge < -0.3 is 5.11 Å². The van der Waals surface area contributed by atoms with Crippen LogP contribution in [0, 0.1) is 0 Å². The number of sulfonamides is 1. The summed E-state index contributed by atoms with van der Waals surface area (Å²) in [7, 11) is -3.67. The maximum absolute atomic E-state index is 12.7. The number of benzene rings is 2. The minimum atomic E-state index is -3.67. The van der Waals surface area contributed by atoms with E-state index in [-0.39, 0.29) is 16.2 Å². The first kappa shape index (κ1) is 21.3. The Bertz CT molecular complexity index is 1080. The van der Waals surface area contributed by atoms with Crippen LogP contribution in [0.5, 0.6) is 5.75 Å². The molecular formula is C20H22ClN3O4S. The van der Waals surface area contributed by atoms with E-state index in [1.54, 1.807) is 19.9 Å². The van der Waals surface area contributed by atoms with Crippen molar-refractivity contribution in [1.82, 2.24) is 9.73 Å². The van der Waals surface area contributed by atoms with Crippen molar-refractivity contribution < 1.29 is 18.3 Å². The summed E-state index contributed by atoms with van der Waals surface area (Å²) in [5.74, 6) is -0.480. The smallest absolute Gasteiger partial charge is 0.271 e.